The number of nitrogens with zero attached hydrogens (tertiary/aromatic N) is 3. The maximum Gasteiger partial charge on any atom is 0.252 e. The fourth-order valence-electron chi connectivity index (χ4n) is 2.70. The molecule has 7 heteroatoms. The molecule has 0 bridgehead atoms. The van der Waals surface area contributed by atoms with Crippen LogP contribution in [0.4, 0.5) is 0 Å². The zero-order valence-corrected chi connectivity index (χ0v) is 14.9. The highest BCUT2D eigenvalue weighted by molar-refractivity contribution is 7.10. The molecule has 0 saturated carbocycles. The SMILES string of the molecule is CC(C)c1noc(COC2CCN(C(=O)Cc3cccs3)CC2)n1. The molecule has 130 valence electrons. The molecule has 0 aromatic carbocycles. The van der Waals surface area contributed by atoms with Crippen molar-refractivity contribution in [2.75, 3.05) is 13.1 Å². The second kappa shape index (κ2) is 7.90. The fraction of sp³-hybridized carbons (Fsp3) is 0.588. The summed E-state index contributed by atoms with van der Waals surface area (Å²) < 4.78 is 11.0. The monoisotopic (exact) mass is 349 g/mol. The van der Waals surface area contributed by atoms with Crippen molar-refractivity contribution >= 4 is 17.2 Å². The topological polar surface area (TPSA) is 68.5 Å². The average Bonchev–Trinajstić information content (AvgIpc) is 3.25. The maximum absolute atomic E-state index is 12.3. The molecule has 2 aromatic heterocycles. The Hall–Kier alpha value is -1.73. The number of hydrogen-bond acceptors (Lipinski definition) is 6. The van der Waals surface area contributed by atoms with Gasteiger partial charge in [0, 0.05) is 23.9 Å². The highest BCUT2D eigenvalue weighted by Gasteiger charge is 2.24. The van der Waals surface area contributed by atoms with Crippen LogP contribution in [0.1, 0.15) is 49.2 Å². The minimum atomic E-state index is 0.144. The van der Waals surface area contributed by atoms with E-state index < -0.39 is 0 Å². The summed E-state index contributed by atoms with van der Waals surface area (Å²) in [7, 11) is 0. The third-order valence-electron chi connectivity index (χ3n) is 4.14. The Labute approximate surface area is 145 Å². The molecule has 0 atom stereocenters. The third-order valence-corrected chi connectivity index (χ3v) is 5.02. The van der Waals surface area contributed by atoms with Gasteiger partial charge in [0.2, 0.25) is 5.91 Å². The van der Waals surface area contributed by atoms with E-state index in [1.54, 1.807) is 11.3 Å². The van der Waals surface area contributed by atoms with Gasteiger partial charge >= 0.3 is 0 Å². The number of amides is 1. The number of thiophene rings is 1. The smallest absolute Gasteiger partial charge is 0.252 e. The summed E-state index contributed by atoms with van der Waals surface area (Å²) >= 11 is 1.63. The van der Waals surface area contributed by atoms with E-state index in [1.807, 2.05) is 36.3 Å². The molecule has 0 aliphatic carbocycles. The van der Waals surface area contributed by atoms with Gasteiger partial charge in [0.05, 0.1) is 12.5 Å². The summed E-state index contributed by atoms with van der Waals surface area (Å²) in [5.41, 5.74) is 0. The molecule has 6 nitrogen and oxygen atoms in total. The lowest BCUT2D eigenvalue weighted by atomic mass is 10.1. The van der Waals surface area contributed by atoms with Gasteiger partial charge in [-0.15, -0.1) is 11.3 Å². The van der Waals surface area contributed by atoms with Gasteiger partial charge < -0.3 is 14.2 Å². The van der Waals surface area contributed by atoms with Crippen molar-refractivity contribution in [3.63, 3.8) is 0 Å². The van der Waals surface area contributed by atoms with Gasteiger partial charge in [-0.2, -0.15) is 4.98 Å². The molecular weight excluding hydrogens is 326 g/mol. The quantitative estimate of drug-likeness (QED) is 0.802. The van der Waals surface area contributed by atoms with Gasteiger partial charge in [-0.25, -0.2) is 0 Å². The molecule has 3 rings (SSSR count). The Morgan fingerprint density at radius 2 is 2.25 bits per heavy atom. The highest BCUT2D eigenvalue weighted by atomic mass is 32.1. The molecule has 0 radical (unpaired) electrons. The Kier molecular flexibility index (Phi) is 5.63. The number of hydrogen-bond donors (Lipinski definition) is 0. The number of ether oxygens (including phenoxy) is 1. The number of aromatic nitrogens is 2. The van der Waals surface area contributed by atoms with Crippen molar-refractivity contribution in [2.24, 2.45) is 0 Å². The van der Waals surface area contributed by atoms with Crippen molar-refractivity contribution in [3.8, 4) is 0 Å². The van der Waals surface area contributed by atoms with Gasteiger partial charge in [-0.05, 0) is 24.3 Å². The van der Waals surface area contributed by atoms with Crippen molar-refractivity contribution in [2.45, 2.75) is 51.7 Å². The fourth-order valence-corrected chi connectivity index (χ4v) is 3.39. The first kappa shape index (κ1) is 17.1. The summed E-state index contributed by atoms with van der Waals surface area (Å²) in [5.74, 6) is 1.69. The van der Waals surface area contributed by atoms with E-state index in [1.165, 1.54) is 0 Å². The molecule has 24 heavy (non-hydrogen) atoms. The first-order valence-corrected chi connectivity index (χ1v) is 9.24. The second-order valence-corrected chi connectivity index (χ2v) is 7.38. The van der Waals surface area contributed by atoms with Crippen LogP contribution in [0.15, 0.2) is 22.0 Å². The molecular formula is C17H23N3O3S. The van der Waals surface area contributed by atoms with Crippen LogP contribution in [0, 0.1) is 0 Å². The molecule has 2 aromatic rings. The number of carbonyl (C=O) groups is 1. The molecule has 0 spiro atoms. The van der Waals surface area contributed by atoms with Crippen LogP contribution >= 0.6 is 11.3 Å². The molecule has 3 heterocycles. The first-order valence-electron chi connectivity index (χ1n) is 8.36. The molecule has 1 fully saturated rings. The molecule has 1 amide bonds. The maximum atomic E-state index is 12.3. The standard InChI is InChI=1S/C17H23N3O3S/c1-12(2)17-18-15(23-19-17)11-22-13-5-7-20(8-6-13)16(21)10-14-4-3-9-24-14/h3-4,9,12-13H,5-8,10-11H2,1-2H3. The summed E-state index contributed by atoms with van der Waals surface area (Å²) in [4.78, 5) is 19.6. The van der Waals surface area contributed by atoms with Gasteiger partial charge in [0.15, 0.2) is 5.82 Å². The lowest BCUT2D eigenvalue weighted by Gasteiger charge is -2.31. The van der Waals surface area contributed by atoms with E-state index in [0.717, 1.165) is 30.8 Å². The number of likely N-dealkylation sites (tertiary alicyclic amines) is 1. The van der Waals surface area contributed by atoms with Crippen LogP contribution in [0.5, 0.6) is 0 Å². The van der Waals surface area contributed by atoms with Gasteiger partial charge in [-0.3, -0.25) is 4.79 Å². The van der Waals surface area contributed by atoms with Crippen LogP contribution < -0.4 is 0 Å². The van der Waals surface area contributed by atoms with E-state index in [0.29, 0.717) is 24.7 Å². The van der Waals surface area contributed by atoms with Crippen molar-refractivity contribution < 1.29 is 14.1 Å². The van der Waals surface area contributed by atoms with Crippen LogP contribution in [-0.2, 0) is 22.6 Å². The van der Waals surface area contributed by atoms with Crippen molar-refractivity contribution in [1.29, 1.82) is 0 Å². The zero-order valence-electron chi connectivity index (χ0n) is 14.1. The zero-order chi connectivity index (χ0) is 16.9. The van der Waals surface area contributed by atoms with Crippen LogP contribution in [0.2, 0.25) is 0 Å². The predicted molar refractivity (Wildman–Crippen MR) is 90.8 cm³/mol. The van der Waals surface area contributed by atoms with Crippen LogP contribution in [-0.4, -0.2) is 40.1 Å². The molecule has 0 N–H and O–H groups in total. The van der Waals surface area contributed by atoms with E-state index in [2.05, 4.69) is 10.1 Å². The Morgan fingerprint density at radius 1 is 1.46 bits per heavy atom. The third kappa shape index (κ3) is 4.42. The molecule has 1 aliphatic rings. The summed E-state index contributed by atoms with van der Waals surface area (Å²) in [6, 6.07) is 3.99. The largest absolute Gasteiger partial charge is 0.368 e. The number of piperidine rings is 1. The minimum Gasteiger partial charge on any atom is -0.368 e. The van der Waals surface area contributed by atoms with Crippen molar-refractivity contribution in [3.05, 3.63) is 34.1 Å². The van der Waals surface area contributed by atoms with E-state index >= 15 is 0 Å². The molecule has 1 saturated heterocycles. The summed E-state index contributed by atoms with van der Waals surface area (Å²) in [6.07, 6.45) is 2.34. The lowest BCUT2D eigenvalue weighted by Crippen LogP contribution is -2.41. The number of carbonyl (C=O) groups excluding carboxylic acids is 1. The molecule has 1 aliphatic heterocycles. The van der Waals surface area contributed by atoms with Gasteiger partial charge in [0.25, 0.3) is 5.89 Å². The van der Waals surface area contributed by atoms with Gasteiger partial charge in [0.1, 0.15) is 6.61 Å². The number of rotatable bonds is 6. The van der Waals surface area contributed by atoms with E-state index in [4.69, 9.17) is 9.26 Å². The van der Waals surface area contributed by atoms with E-state index in [9.17, 15) is 4.79 Å². The first-order chi connectivity index (χ1) is 11.6. The lowest BCUT2D eigenvalue weighted by molar-refractivity contribution is -0.133. The van der Waals surface area contributed by atoms with Crippen LogP contribution in [0.25, 0.3) is 0 Å². The van der Waals surface area contributed by atoms with Crippen LogP contribution in [0.3, 0.4) is 0 Å². The molecule has 0 unspecified atom stereocenters. The van der Waals surface area contributed by atoms with Crippen molar-refractivity contribution in [1.82, 2.24) is 15.0 Å². The normalized spacial score (nSPS) is 16.0. The summed E-state index contributed by atoms with van der Waals surface area (Å²) in [6.45, 7) is 5.89. The second-order valence-electron chi connectivity index (χ2n) is 6.35. The Balaban J connectivity index is 1.40. The van der Waals surface area contributed by atoms with Gasteiger partial charge in [-0.1, -0.05) is 25.1 Å². The average molecular weight is 349 g/mol. The summed E-state index contributed by atoms with van der Waals surface area (Å²) in [5, 5.41) is 5.94. The van der Waals surface area contributed by atoms with E-state index in [-0.39, 0.29) is 17.9 Å². The Morgan fingerprint density at radius 3 is 2.88 bits per heavy atom. The predicted octanol–water partition coefficient (Wildman–Crippen LogP) is 3.00. The minimum absolute atomic E-state index is 0.144. The Bertz CT molecular complexity index is 646. The highest BCUT2D eigenvalue weighted by Crippen LogP contribution is 2.18.